The quantitative estimate of drug-likeness (QED) is 0.508. The van der Waals surface area contributed by atoms with Gasteiger partial charge in [0.05, 0.1) is 22.4 Å². The maximum atomic E-state index is 11.9. The van der Waals surface area contributed by atoms with Crippen molar-refractivity contribution in [1.29, 1.82) is 0 Å². The molecule has 2 N–H and O–H groups in total. The van der Waals surface area contributed by atoms with Crippen molar-refractivity contribution < 1.29 is 4.79 Å². The molecule has 0 bridgehead atoms. The lowest BCUT2D eigenvalue weighted by molar-refractivity contribution is 0.253. The Kier molecular flexibility index (Phi) is 5.20. The molecule has 3 heterocycles. The van der Waals surface area contributed by atoms with Crippen LogP contribution in [0.1, 0.15) is 0 Å². The summed E-state index contributed by atoms with van der Waals surface area (Å²) in [4.78, 5) is 30.3. The minimum atomic E-state index is -0.313. The second-order valence-corrected chi connectivity index (χ2v) is 6.18. The molecule has 0 aliphatic heterocycles. The average molecular weight is 382 g/mol. The first-order valence-electron chi connectivity index (χ1n) is 9.05. The number of nitrogens with one attached hydrogen (secondary N) is 2. The molecule has 0 aliphatic carbocycles. The highest BCUT2D eigenvalue weighted by Crippen LogP contribution is 2.29. The maximum Gasteiger partial charge on any atom is 0.319 e. The van der Waals surface area contributed by atoms with Crippen molar-refractivity contribution in [3.05, 3.63) is 79.6 Å². The van der Waals surface area contributed by atoms with Gasteiger partial charge in [0.2, 0.25) is 0 Å². The SMILES string of the molecule is C=CCNC(=O)Nc1ccc2nc(-c3ccccn3)c(-c3ccccn3)nc2c1. The average Bonchev–Trinajstić information content (AvgIpc) is 2.78. The van der Waals surface area contributed by atoms with Crippen LogP contribution in [0.2, 0.25) is 0 Å². The molecule has 3 aromatic heterocycles. The number of rotatable bonds is 5. The van der Waals surface area contributed by atoms with Gasteiger partial charge in [-0.15, -0.1) is 6.58 Å². The fraction of sp³-hybridized carbons (Fsp3) is 0.0455. The lowest BCUT2D eigenvalue weighted by Crippen LogP contribution is -2.28. The third kappa shape index (κ3) is 4.08. The molecule has 4 rings (SSSR count). The Hall–Kier alpha value is -4.13. The second kappa shape index (κ2) is 8.26. The van der Waals surface area contributed by atoms with Crippen LogP contribution in [0, 0.1) is 0 Å². The predicted octanol–water partition coefficient (Wildman–Crippen LogP) is 4.06. The molecule has 7 heteroatoms. The predicted molar refractivity (Wildman–Crippen MR) is 113 cm³/mol. The molecule has 29 heavy (non-hydrogen) atoms. The number of nitrogens with zero attached hydrogens (tertiary/aromatic N) is 4. The summed E-state index contributed by atoms with van der Waals surface area (Å²) in [5.74, 6) is 0. The third-order valence-electron chi connectivity index (χ3n) is 4.14. The molecular weight excluding hydrogens is 364 g/mol. The minimum Gasteiger partial charge on any atom is -0.334 e. The number of hydrogen-bond donors (Lipinski definition) is 2. The van der Waals surface area contributed by atoms with Crippen LogP contribution >= 0.6 is 0 Å². The van der Waals surface area contributed by atoms with Gasteiger partial charge < -0.3 is 10.6 Å². The van der Waals surface area contributed by atoms with Crippen molar-refractivity contribution in [2.75, 3.05) is 11.9 Å². The van der Waals surface area contributed by atoms with Gasteiger partial charge in [0, 0.05) is 24.6 Å². The van der Waals surface area contributed by atoms with E-state index < -0.39 is 0 Å². The number of fused-ring (bicyclic) bond motifs is 1. The van der Waals surface area contributed by atoms with Gasteiger partial charge in [0.25, 0.3) is 0 Å². The van der Waals surface area contributed by atoms with Crippen LogP contribution in [-0.2, 0) is 0 Å². The molecule has 0 saturated heterocycles. The Balaban J connectivity index is 1.80. The number of carbonyl (C=O) groups is 1. The Morgan fingerprint density at radius 2 is 1.55 bits per heavy atom. The van der Waals surface area contributed by atoms with Crippen molar-refractivity contribution >= 4 is 22.8 Å². The number of amides is 2. The van der Waals surface area contributed by atoms with Crippen molar-refractivity contribution in [3.8, 4) is 22.8 Å². The van der Waals surface area contributed by atoms with E-state index in [2.05, 4.69) is 27.2 Å². The van der Waals surface area contributed by atoms with Gasteiger partial charge >= 0.3 is 6.03 Å². The summed E-state index contributed by atoms with van der Waals surface area (Å²) >= 11 is 0. The largest absolute Gasteiger partial charge is 0.334 e. The number of benzene rings is 1. The summed E-state index contributed by atoms with van der Waals surface area (Å²) in [6.45, 7) is 3.97. The Morgan fingerprint density at radius 1 is 0.897 bits per heavy atom. The van der Waals surface area contributed by atoms with Gasteiger partial charge in [0.15, 0.2) is 0 Å². The standard InChI is InChI=1S/C22H18N6O/c1-2-11-25-22(29)26-15-9-10-16-19(14-15)28-21(18-8-4-6-13-24-18)20(27-16)17-7-3-5-12-23-17/h2-10,12-14H,1,11H2,(H2,25,26,29). The smallest absolute Gasteiger partial charge is 0.319 e. The van der Waals surface area contributed by atoms with Crippen LogP contribution in [0.5, 0.6) is 0 Å². The van der Waals surface area contributed by atoms with Gasteiger partial charge in [-0.1, -0.05) is 18.2 Å². The highest BCUT2D eigenvalue weighted by molar-refractivity contribution is 5.93. The van der Waals surface area contributed by atoms with Crippen LogP contribution in [0.15, 0.2) is 79.6 Å². The fourth-order valence-corrected chi connectivity index (χ4v) is 2.84. The number of anilines is 1. The zero-order chi connectivity index (χ0) is 20.1. The summed E-state index contributed by atoms with van der Waals surface area (Å²) < 4.78 is 0. The van der Waals surface area contributed by atoms with Crippen LogP contribution in [0.4, 0.5) is 10.5 Å². The molecule has 0 spiro atoms. The minimum absolute atomic E-state index is 0.313. The monoisotopic (exact) mass is 382 g/mol. The summed E-state index contributed by atoms with van der Waals surface area (Å²) in [6, 6.07) is 16.4. The molecule has 1 aromatic carbocycles. The summed E-state index contributed by atoms with van der Waals surface area (Å²) in [7, 11) is 0. The van der Waals surface area contributed by atoms with Crippen LogP contribution in [0.25, 0.3) is 33.8 Å². The van der Waals surface area contributed by atoms with E-state index >= 15 is 0 Å². The lowest BCUT2D eigenvalue weighted by atomic mass is 10.1. The molecule has 142 valence electrons. The lowest BCUT2D eigenvalue weighted by Gasteiger charge is -2.11. The number of pyridine rings is 2. The first kappa shape index (κ1) is 18.2. The molecule has 0 fully saturated rings. The highest BCUT2D eigenvalue weighted by atomic mass is 16.2. The molecule has 0 aliphatic rings. The van der Waals surface area contributed by atoms with E-state index in [1.807, 2.05) is 42.5 Å². The van der Waals surface area contributed by atoms with E-state index in [0.29, 0.717) is 46.0 Å². The fourth-order valence-electron chi connectivity index (χ4n) is 2.84. The molecule has 7 nitrogen and oxygen atoms in total. The maximum absolute atomic E-state index is 11.9. The topological polar surface area (TPSA) is 92.7 Å². The number of hydrogen-bond acceptors (Lipinski definition) is 5. The molecule has 0 unspecified atom stereocenters. The van der Waals surface area contributed by atoms with E-state index in [-0.39, 0.29) is 6.03 Å². The van der Waals surface area contributed by atoms with Crippen LogP contribution < -0.4 is 10.6 Å². The van der Waals surface area contributed by atoms with Crippen molar-refractivity contribution in [3.63, 3.8) is 0 Å². The Bertz CT molecular complexity index is 1160. The van der Waals surface area contributed by atoms with Crippen LogP contribution in [0.3, 0.4) is 0 Å². The van der Waals surface area contributed by atoms with Crippen molar-refractivity contribution in [2.24, 2.45) is 0 Å². The summed E-state index contributed by atoms with van der Waals surface area (Å²) in [5, 5.41) is 5.46. The Morgan fingerprint density at radius 3 is 2.14 bits per heavy atom. The number of aromatic nitrogens is 4. The van der Waals surface area contributed by atoms with Gasteiger partial charge in [-0.2, -0.15) is 0 Å². The van der Waals surface area contributed by atoms with E-state index in [4.69, 9.17) is 9.97 Å². The molecule has 4 aromatic rings. The van der Waals surface area contributed by atoms with Gasteiger partial charge in [-0.05, 0) is 42.5 Å². The summed E-state index contributed by atoms with van der Waals surface area (Å²) in [5.41, 5.74) is 4.66. The third-order valence-corrected chi connectivity index (χ3v) is 4.14. The number of carbonyl (C=O) groups excluding carboxylic acids is 1. The zero-order valence-corrected chi connectivity index (χ0v) is 15.5. The van der Waals surface area contributed by atoms with Crippen molar-refractivity contribution in [2.45, 2.75) is 0 Å². The molecule has 0 atom stereocenters. The van der Waals surface area contributed by atoms with Gasteiger partial charge in [-0.3, -0.25) is 9.97 Å². The van der Waals surface area contributed by atoms with E-state index in [1.54, 1.807) is 30.6 Å². The highest BCUT2D eigenvalue weighted by Gasteiger charge is 2.15. The van der Waals surface area contributed by atoms with Gasteiger partial charge in [0.1, 0.15) is 11.4 Å². The molecule has 0 saturated carbocycles. The van der Waals surface area contributed by atoms with E-state index in [9.17, 15) is 4.79 Å². The molecule has 2 amide bonds. The normalized spacial score (nSPS) is 10.5. The first-order valence-corrected chi connectivity index (χ1v) is 9.05. The van der Waals surface area contributed by atoms with E-state index in [1.165, 1.54) is 0 Å². The summed E-state index contributed by atoms with van der Waals surface area (Å²) in [6.07, 6.45) is 5.05. The zero-order valence-electron chi connectivity index (χ0n) is 15.5. The van der Waals surface area contributed by atoms with Crippen LogP contribution in [-0.4, -0.2) is 32.5 Å². The Labute approximate surface area is 167 Å². The number of urea groups is 1. The van der Waals surface area contributed by atoms with Gasteiger partial charge in [-0.25, -0.2) is 14.8 Å². The molecule has 0 radical (unpaired) electrons. The van der Waals surface area contributed by atoms with E-state index in [0.717, 1.165) is 0 Å². The van der Waals surface area contributed by atoms with Crippen molar-refractivity contribution in [1.82, 2.24) is 25.3 Å². The first-order chi connectivity index (χ1) is 14.2. The molecular formula is C22H18N6O. The second-order valence-electron chi connectivity index (χ2n) is 6.18.